The number of amides is 3. The van der Waals surface area contributed by atoms with E-state index in [1.165, 1.54) is 9.80 Å². The molecule has 0 unspecified atom stereocenters. The maximum absolute atomic E-state index is 14.2. The van der Waals surface area contributed by atoms with E-state index in [9.17, 15) is 28.3 Å². The third kappa shape index (κ3) is 9.77. The molecule has 3 amide bonds. The number of nitrogens with one attached hydrogen (secondary N) is 1. The van der Waals surface area contributed by atoms with Crippen molar-refractivity contribution in [1.82, 2.24) is 15.1 Å². The third-order valence-electron chi connectivity index (χ3n) is 6.76. The normalized spacial score (nSPS) is 18.8. The smallest absolute Gasteiger partial charge is 0.411 e. The van der Waals surface area contributed by atoms with Gasteiger partial charge in [0.1, 0.15) is 35.0 Å². The third-order valence-corrected chi connectivity index (χ3v) is 6.76. The van der Waals surface area contributed by atoms with Crippen molar-refractivity contribution in [2.24, 2.45) is 0 Å². The van der Waals surface area contributed by atoms with Gasteiger partial charge in [-0.25, -0.2) is 18.4 Å². The predicted octanol–water partition coefficient (Wildman–Crippen LogP) is 5.35. The fourth-order valence-electron chi connectivity index (χ4n) is 5.10. The Morgan fingerprint density at radius 2 is 1.61 bits per heavy atom. The van der Waals surface area contributed by atoms with E-state index >= 15 is 0 Å². The zero-order valence-electron chi connectivity index (χ0n) is 26.2. The molecular weight excluding hydrogens is 572 g/mol. The Morgan fingerprint density at radius 1 is 1.02 bits per heavy atom. The summed E-state index contributed by atoms with van der Waals surface area (Å²) >= 11 is 0. The zero-order chi connectivity index (χ0) is 32.8. The molecule has 3 rings (SSSR count). The van der Waals surface area contributed by atoms with Crippen LogP contribution in [0.5, 0.6) is 0 Å². The van der Waals surface area contributed by atoms with Crippen molar-refractivity contribution in [1.29, 1.82) is 0 Å². The summed E-state index contributed by atoms with van der Waals surface area (Å²) in [5.41, 5.74) is -0.896. The molecule has 1 aliphatic rings. The fraction of sp³-hybridized carbons (Fsp3) is 0.485. The minimum absolute atomic E-state index is 0.110. The molecule has 0 saturated carbocycles. The molecular formula is C33H43F2N3O6. The Hall–Kier alpha value is -3.99. The van der Waals surface area contributed by atoms with Gasteiger partial charge in [0.2, 0.25) is 5.91 Å². The van der Waals surface area contributed by atoms with Gasteiger partial charge in [-0.15, -0.1) is 6.58 Å². The quantitative estimate of drug-likeness (QED) is 0.368. The molecule has 9 nitrogen and oxygen atoms in total. The Labute approximate surface area is 257 Å². The topological polar surface area (TPSA) is 108 Å². The zero-order valence-corrected chi connectivity index (χ0v) is 26.2. The number of alkyl carbamates (subject to hydrolysis) is 1. The Kier molecular flexibility index (Phi) is 11.1. The minimum atomic E-state index is -1.75. The Bertz CT molecular complexity index is 1300. The van der Waals surface area contributed by atoms with E-state index < -0.39 is 65.2 Å². The summed E-state index contributed by atoms with van der Waals surface area (Å²) < 4.78 is 39.4. The van der Waals surface area contributed by atoms with Crippen molar-refractivity contribution >= 4 is 18.1 Å². The number of ether oxygens (including phenoxy) is 2. The molecule has 11 heteroatoms. The summed E-state index contributed by atoms with van der Waals surface area (Å²) in [5.74, 6) is -2.29. The van der Waals surface area contributed by atoms with E-state index in [4.69, 9.17) is 9.47 Å². The van der Waals surface area contributed by atoms with Crippen LogP contribution >= 0.6 is 0 Å². The summed E-state index contributed by atoms with van der Waals surface area (Å²) in [4.78, 5) is 43.5. The summed E-state index contributed by atoms with van der Waals surface area (Å²) in [7, 11) is 0. The number of hydrogen-bond acceptors (Lipinski definition) is 6. The average Bonchev–Trinajstić information content (AvgIpc) is 2.87. The lowest BCUT2D eigenvalue weighted by molar-refractivity contribution is -0.152. The van der Waals surface area contributed by atoms with E-state index in [2.05, 4.69) is 11.9 Å². The highest BCUT2D eigenvalue weighted by molar-refractivity contribution is 5.88. The molecule has 1 fully saturated rings. The molecule has 1 saturated heterocycles. The van der Waals surface area contributed by atoms with Crippen LogP contribution in [0.15, 0.2) is 61.2 Å². The van der Waals surface area contributed by atoms with Crippen molar-refractivity contribution in [2.45, 2.75) is 96.4 Å². The molecule has 2 N–H and O–H groups in total. The number of piperazine rings is 1. The molecule has 1 aliphatic heterocycles. The second-order valence-electron chi connectivity index (χ2n) is 12.9. The molecule has 1 heterocycles. The van der Waals surface area contributed by atoms with E-state index in [0.29, 0.717) is 6.07 Å². The van der Waals surface area contributed by atoms with E-state index in [-0.39, 0.29) is 31.5 Å². The van der Waals surface area contributed by atoms with Gasteiger partial charge in [0.05, 0.1) is 12.1 Å². The molecule has 2 aromatic carbocycles. The maximum Gasteiger partial charge on any atom is 0.411 e. The summed E-state index contributed by atoms with van der Waals surface area (Å²) in [5, 5.41) is 14.5. The first-order chi connectivity index (χ1) is 20.5. The molecule has 0 radical (unpaired) electrons. The second-order valence-corrected chi connectivity index (χ2v) is 12.9. The number of nitrogens with zero attached hydrogens (tertiary/aromatic N) is 2. The van der Waals surface area contributed by atoms with Crippen LogP contribution in [0, 0.1) is 11.6 Å². The van der Waals surface area contributed by atoms with Crippen molar-refractivity contribution in [3.8, 4) is 0 Å². The lowest BCUT2D eigenvalue weighted by Crippen LogP contribution is -2.69. The lowest BCUT2D eigenvalue weighted by atomic mass is 9.91. The minimum Gasteiger partial charge on any atom is -0.444 e. The van der Waals surface area contributed by atoms with E-state index in [1.54, 1.807) is 47.6 Å². The van der Waals surface area contributed by atoms with Crippen LogP contribution in [0.3, 0.4) is 0 Å². The molecule has 44 heavy (non-hydrogen) atoms. The first-order valence-corrected chi connectivity index (χ1v) is 14.5. The van der Waals surface area contributed by atoms with Crippen LogP contribution < -0.4 is 5.32 Å². The first kappa shape index (κ1) is 34.5. The molecule has 2 aromatic rings. The van der Waals surface area contributed by atoms with Gasteiger partial charge in [-0.3, -0.25) is 9.69 Å². The van der Waals surface area contributed by atoms with Gasteiger partial charge in [0, 0.05) is 19.2 Å². The number of carbonyl (C=O) groups is 3. The lowest BCUT2D eigenvalue weighted by Gasteiger charge is -2.48. The molecule has 0 aliphatic carbocycles. The average molecular weight is 616 g/mol. The SMILES string of the molecule is C=CC[C@@H]1CN(Cc2ccccc2)C(=O)[C@@H]([C@@H](O)[C@H](Cc2cc(F)cc(F)c2)NC(=O)OC(C)(C)C)N1C(=O)OC(C)(C)C. The largest absolute Gasteiger partial charge is 0.444 e. The standard InChI is InChI=1S/C33H43F2N3O6/c1-8-12-25-20-37(19-21-13-10-9-11-14-21)29(40)27(38(25)31(42)44-33(5,6)7)28(39)26(36-30(41)43-32(2,3)4)17-22-15-23(34)18-24(35)16-22/h8-11,13-16,18,25-28,39H,1,12,17,19-20H2,2-7H3,(H,36,41)/t25-,26+,27-,28+/m1/s1. The summed E-state index contributed by atoms with van der Waals surface area (Å²) in [6.45, 7) is 14.1. The Morgan fingerprint density at radius 3 is 2.16 bits per heavy atom. The van der Waals surface area contributed by atoms with Crippen LogP contribution in [0.4, 0.5) is 18.4 Å². The molecule has 240 valence electrons. The van der Waals surface area contributed by atoms with E-state index in [0.717, 1.165) is 17.7 Å². The first-order valence-electron chi connectivity index (χ1n) is 14.5. The van der Waals surface area contributed by atoms with Gasteiger partial charge in [-0.1, -0.05) is 36.4 Å². The highest BCUT2D eigenvalue weighted by atomic mass is 19.1. The number of aliphatic hydroxyl groups is 1. The van der Waals surface area contributed by atoms with Crippen molar-refractivity contribution < 1.29 is 37.7 Å². The van der Waals surface area contributed by atoms with Crippen LogP contribution in [0.2, 0.25) is 0 Å². The highest BCUT2D eigenvalue weighted by Gasteiger charge is 2.50. The van der Waals surface area contributed by atoms with Crippen molar-refractivity contribution in [3.05, 3.63) is 83.9 Å². The van der Waals surface area contributed by atoms with Gasteiger partial charge in [0.25, 0.3) is 0 Å². The van der Waals surface area contributed by atoms with Crippen LogP contribution in [-0.2, 0) is 27.2 Å². The number of benzene rings is 2. The maximum atomic E-state index is 14.2. The molecule has 0 bridgehead atoms. The molecule has 4 atom stereocenters. The van der Waals surface area contributed by atoms with Crippen LogP contribution in [0.1, 0.15) is 59.1 Å². The van der Waals surface area contributed by atoms with Gasteiger partial charge in [-0.2, -0.15) is 0 Å². The fourth-order valence-corrected chi connectivity index (χ4v) is 5.10. The van der Waals surface area contributed by atoms with Gasteiger partial charge in [0.15, 0.2) is 0 Å². The van der Waals surface area contributed by atoms with E-state index in [1.807, 2.05) is 30.3 Å². The van der Waals surface area contributed by atoms with Gasteiger partial charge >= 0.3 is 12.2 Å². The van der Waals surface area contributed by atoms with Gasteiger partial charge < -0.3 is 24.8 Å². The summed E-state index contributed by atoms with van der Waals surface area (Å²) in [6.07, 6.45) is -1.93. The van der Waals surface area contributed by atoms with Crippen molar-refractivity contribution in [3.63, 3.8) is 0 Å². The van der Waals surface area contributed by atoms with Crippen LogP contribution in [0.25, 0.3) is 0 Å². The summed E-state index contributed by atoms with van der Waals surface area (Å²) in [6, 6.07) is 8.57. The number of rotatable bonds is 9. The monoisotopic (exact) mass is 615 g/mol. The Balaban J connectivity index is 2.10. The second kappa shape index (κ2) is 14.2. The number of hydrogen-bond donors (Lipinski definition) is 2. The predicted molar refractivity (Wildman–Crippen MR) is 162 cm³/mol. The van der Waals surface area contributed by atoms with Gasteiger partial charge in [-0.05, 0) is 77.6 Å². The highest BCUT2D eigenvalue weighted by Crippen LogP contribution is 2.28. The molecule has 0 spiro atoms. The van der Waals surface area contributed by atoms with Crippen LogP contribution in [-0.4, -0.2) is 75.0 Å². The molecule has 0 aromatic heterocycles. The number of aliphatic hydroxyl groups excluding tert-OH is 1. The number of halogens is 2. The number of carbonyl (C=O) groups excluding carboxylic acids is 3. The van der Waals surface area contributed by atoms with Crippen molar-refractivity contribution in [2.75, 3.05) is 6.54 Å².